The van der Waals surface area contributed by atoms with Gasteiger partial charge in [0.25, 0.3) is 0 Å². The van der Waals surface area contributed by atoms with Crippen LogP contribution in [0.5, 0.6) is 0 Å². The summed E-state index contributed by atoms with van der Waals surface area (Å²) < 4.78 is 0. The van der Waals surface area contributed by atoms with Crippen molar-refractivity contribution in [1.29, 1.82) is 0 Å². The Morgan fingerprint density at radius 1 is 0.824 bits per heavy atom. The molecule has 96 valence electrons. The average Bonchev–Trinajstić information content (AvgIpc) is 3.01. The maximum absolute atomic E-state index is 4.02. The minimum atomic E-state index is 0.820. The molecule has 2 N–H and O–H groups in total. The second-order valence-corrected chi connectivity index (χ2v) is 6.95. The molecule has 0 spiro atoms. The van der Waals surface area contributed by atoms with Gasteiger partial charge in [-0.3, -0.25) is 0 Å². The van der Waals surface area contributed by atoms with Crippen LogP contribution in [0, 0.1) is 23.7 Å². The topological polar surface area (TPSA) is 24.1 Å². The van der Waals surface area contributed by atoms with Crippen LogP contribution in [0.25, 0.3) is 0 Å². The van der Waals surface area contributed by atoms with Gasteiger partial charge in [-0.25, -0.2) is 0 Å². The average molecular weight is 234 g/mol. The van der Waals surface area contributed by atoms with E-state index in [1.165, 1.54) is 38.8 Å². The van der Waals surface area contributed by atoms with E-state index in [-0.39, 0.29) is 0 Å². The van der Waals surface area contributed by atoms with Gasteiger partial charge in [0, 0.05) is 12.1 Å². The van der Waals surface area contributed by atoms with Gasteiger partial charge in [-0.2, -0.15) is 0 Å². The van der Waals surface area contributed by atoms with Crippen LogP contribution in [0.1, 0.15) is 44.9 Å². The summed E-state index contributed by atoms with van der Waals surface area (Å²) in [5, 5.41) is 7.49. The zero-order valence-electron chi connectivity index (χ0n) is 10.8. The number of fused-ring (bicyclic) bond motifs is 5. The second kappa shape index (κ2) is 4.24. The molecule has 1 saturated heterocycles. The van der Waals surface area contributed by atoms with Gasteiger partial charge in [-0.15, -0.1) is 0 Å². The first-order valence-corrected chi connectivity index (χ1v) is 7.88. The smallest absolute Gasteiger partial charge is 0.0103 e. The van der Waals surface area contributed by atoms with Crippen molar-refractivity contribution in [2.24, 2.45) is 23.7 Å². The summed E-state index contributed by atoms with van der Waals surface area (Å²) in [4.78, 5) is 0. The van der Waals surface area contributed by atoms with E-state index in [1.807, 2.05) is 0 Å². The standard InChI is InChI=1S/C15H26N2/c1-2-12-10-8-14(13(12)3-1)15(9-10)17-11-4-6-16-7-5-11/h10-17H,1-9H2. The first kappa shape index (κ1) is 10.8. The lowest BCUT2D eigenvalue weighted by atomic mass is 9.78. The monoisotopic (exact) mass is 234 g/mol. The van der Waals surface area contributed by atoms with Crippen LogP contribution in [0.4, 0.5) is 0 Å². The van der Waals surface area contributed by atoms with E-state index < -0.39 is 0 Å². The molecule has 0 aromatic heterocycles. The van der Waals surface area contributed by atoms with Crippen molar-refractivity contribution in [1.82, 2.24) is 10.6 Å². The molecular weight excluding hydrogens is 208 g/mol. The second-order valence-electron chi connectivity index (χ2n) is 6.95. The van der Waals surface area contributed by atoms with E-state index >= 15 is 0 Å². The highest BCUT2D eigenvalue weighted by atomic mass is 15.0. The summed E-state index contributed by atoms with van der Waals surface area (Å²) in [6, 6.07) is 1.71. The maximum Gasteiger partial charge on any atom is 0.0103 e. The third kappa shape index (κ3) is 1.76. The van der Waals surface area contributed by atoms with Crippen LogP contribution in [0.2, 0.25) is 0 Å². The van der Waals surface area contributed by atoms with Gasteiger partial charge in [0.05, 0.1) is 0 Å². The van der Waals surface area contributed by atoms with Gasteiger partial charge in [-0.05, 0) is 75.3 Å². The van der Waals surface area contributed by atoms with Gasteiger partial charge in [-0.1, -0.05) is 6.42 Å². The van der Waals surface area contributed by atoms with Gasteiger partial charge in [0.2, 0.25) is 0 Å². The summed E-state index contributed by atoms with van der Waals surface area (Å²) in [6.45, 7) is 2.45. The van der Waals surface area contributed by atoms with E-state index in [9.17, 15) is 0 Å². The molecule has 0 aromatic carbocycles. The van der Waals surface area contributed by atoms with E-state index in [1.54, 1.807) is 19.3 Å². The number of hydrogen-bond donors (Lipinski definition) is 2. The van der Waals surface area contributed by atoms with E-state index in [4.69, 9.17) is 0 Å². The molecule has 5 atom stereocenters. The Balaban J connectivity index is 1.40. The molecule has 0 amide bonds. The van der Waals surface area contributed by atoms with Crippen molar-refractivity contribution in [2.45, 2.75) is 57.0 Å². The fourth-order valence-corrected chi connectivity index (χ4v) is 5.55. The van der Waals surface area contributed by atoms with Gasteiger partial charge >= 0.3 is 0 Å². The molecule has 0 radical (unpaired) electrons. The molecule has 5 unspecified atom stereocenters. The Labute approximate surface area is 105 Å². The summed E-state index contributed by atoms with van der Waals surface area (Å²) in [6.07, 6.45) is 10.4. The zero-order valence-corrected chi connectivity index (χ0v) is 10.8. The molecule has 4 rings (SSSR count). The van der Waals surface area contributed by atoms with Crippen molar-refractivity contribution in [3.63, 3.8) is 0 Å². The predicted octanol–water partition coefficient (Wildman–Crippen LogP) is 2.15. The molecule has 1 aliphatic heterocycles. The molecular formula is C15H26N2. The molecule has 2 heteroatoms. The largest absolute Gasteiger partial charge is 0.317 e. The molecule has 2 bridgehead atoms. The Morgan fingerprint density at radius 2 is 1.65 bits per heavy atom. The van der Waals surface area contributed by atoms with Crippen molar-refractivity contribution in [3.05, 3.63) is 0 Å². The van der Waals surface area contributed by atoms with Crippen LogP contribution in [0.15, 0.2) is 0 Å². The van der Waals surface area contributed by atoms with E-state index in [0.717, 1.165) is 35.8 Å². The lowest BCUT2D eigenvalue weighted by Crippen LogP contribution is -2.48. The molecule has 0 aromatic rings. The summed E-state index contributed by atoms with van der Waals surface area (Å²) in [5.74, 6) is 4.42. The van der Waals surface area contributed by atoms with Crippen molar-refractivity contribution in [2.75, 3.05) is 13.1 Å². The highest BCUT2D eigenvalue weighted by Gasteiger charge is 2.53. The molecule has 17 heavy (non-hydrogen) atoms. The Hall–Kier alpha value is -0.0800. The minimum absolute atomic E-state index is 0.820. The first-order valence-electron chi connectivity index (χ1n) is 7.88. The summed E-state index contributed by atoms with van der Waals surface area (Å²) in [7, 11) is 0. The van der Waals surface area contributed by atoms with Crippen molar-refractivity contribution >= 4 is 0 Å². The number of hydrogen-bond acceptors (Lipinski definition) is 2. The zero-order chi connectivity index (χ0) is 11.2. The first-order chi connectivity index (χ1) is 8.42. The van der Waals surface area contributed by atoms with Crippen LogP contribution in [0.3, 0.4) is 0 Å². The summed E-state index contributed by atoms with van der Waals surface area (Å²) in [5.41, 5.74) is 0. The van der Waals surface area contributed by atoms with Crippen molar-refractivity contribution < 1.29 is 0 Å². The van der Waals surface area contributed by atoms with Crippen molar-refractivity contribution in [3.8, 4) is 0 Å². The third-order valence-electron chi connectivity index (χ3n) is 6.22. The van der Waals surface area contributed by atoms with Crippen LogP contribution >= 0.6 is 0 Å². The number of nitrogens with one attached hydrogen (secondary N) is 2. The lowest BCUT2D eigenvalue weighted by Gasteiger charge is -2.36. The van der Waals surface area contributed by atoms with E-state index in [0.29, 0.717) is 0 Å². The number of rotatable bonds is 2. The van der Waals surface area contributed by atoms with Crippen LogP contribution in [-0.2, 0) is 0 Å². The molecule has 2 nitrogen and oxygen atoms in total. The quantitative estimate of drug-likeness (QED) is 0.765. The fourth-order valence-electron chi connectivity index (χ4n) is 5.55. The van der Waals surface area contributed by atoms with Gasteiger partial charge in [0.1, 0.15) is 0 Å². The minimum Gasteiger partial charge on any atom is -0.317 e. The van der Waals surface area contributed by atoms with Crippen LogP contribution in [-0.4, -0.2) is 25.2 Å². The Bertz CT molecular complexity index is 285. The molecule has 3 aliphatic carbocycles. The Morgan fingerprint density at radius 3 is 2.53 bits per heavy atom. The van der Waals surface area contributed by atoms with E-state index in [2.05, 4.69) is 10.6 Å². The molecule has 1 heterocycles. The predicted molar refractivity (Wildman–Crippen MR) is 69.9 cm³/mol. The fraction of sp³-hybridized carbons (Fsp3) is 1.00. The Kier molecular flexibility index (Phi) is 2.69. The third-order valence-corrected chi connectivity index (χ3v) is 6.22. The number of piperidine rings is 1. The molecule has 4 aliphatic rings. The highest BCUT2D eigenvalue weighted by molar-refractivity contribution is 5.06. The molecule has 4 fully saturated rings. The highest BCUT2D eigenvalue weighted by Crippen LogP contribution is 2.58. The van der Waals surface area contributed by atoms with Gasteiger partial charge in [0.15, 0.2) is 0 Å². The van der Waals surface area contributed by atoms with Crippen LogP contribution < -0.4 is 10.6 Å². The maximum atomic E-state index is 4.02. The van der Waals surface area contributed by atoms with Gasteiger partial charge < -0.3 is 10.6 Å². The lowest BCUT2D eigenvalue weighted by molar-refractivity contribution is 0.189. The molecule has 3 saturated carbocycles. The SMILES string of the molecule is C1CC2C3CC(NC4CCNCC4)C(C3)C2C1. The summed E-state index contributed by atoms with van der Waals surface area (Å²) >= 11 is 0. The normalized spacial score (nSPS) is 49.8.